The summed E-state index contributed by atoms with van der Waals surface area (Å²) >= 11 is 2.20. The highest BCUT2D eigenvalue weighted by Gasteiger charge is 2.07. The van der Waals surface area contributed by atoms with E-state index in [1.165, 1.54) is 12.7 Å². The molecule has 1 aromatic carbocycles. The first-order chi connectivity index (χ1) is 8.04. The molecule has 0 atom stereocenters. The van der Waals surface area contributed by atoms with Gasteiger partial charge in [0.05, 0.1) is 12.7 Å². The van der Waals surface area contributed by atoms with Gasteiger partial charge in [-0.1, -0.05) is 11.6 Å². The van der Waals surface area contributed by atoms with Crippen LogP contribution in [0.4, 0.5) is 5.69 Å². The molecule has 1 rings (SSSR count). The first-order valence-corrected chi connectivity index (χ1v) is 6.37. The predicted octanol–water partition coefficient (Wildman–Crippen LogP) is 3.46. The number of nitrogens with one attached hydrogen (secondary N) is 1. The summed E-state index contributed by atoms with van der Waals surface area (Å²) in [6.07, 6.45) is 2.12. The Bertz CT molecular complexity index is 437. The molecule has 1 N–H and O–H groups in total. The zero-order valence-electron chi connectivity index (χ0n) is 10.2. The monoisotopic (exact) mass is 345 g/mol. The third-order valence-corrected chi connectivity index (χ3v) is 3.09. The third-order valence-electron chi connectivity index (χ3n) is 2.19. The number of hydrogen-bond acceptors (Lipinski definition) is 3. The Morgan fingerprint density at radius 3 is 2.71 bits per heavy atom. The van der Waals surface area contributed by atoms with E-state index in [0.717, 1.165) is 15.8 Å². The summed E-state index contributed by atoms with van der Waals surface area (Å²) in [5, 5.41) is 3.29. The molecular weight excluding hydrogens is 329 g/mol. The van der Waals surface area contributed by atoms with Gasteiger partial charge in [-0.15, -0.1) is 0 Å². The number of methoxy groups -OCH3 is 1. The summed E-state index contributed by atoms with van der Waals surface area (Å²) < 4.78 is 5.68. The zero-order valence-corrected chi connectivity index (χ0v) is 12.4. The van der Waals surface area contributed by atoms with Gasteiger partial charge in [0.1, 0.15) is 0 Å². The van der Waals surface area contributed by atoms with Crippen LogP contribution in [-0.2, 0) is 4.74 Å². The fourth-order valence-electron chi connectivity index (χ4n) is 1.27. The molecule has 0 unspecified atom stereocenters. The van der Waals surface area contributed by atoms with Crippen LogP contribution in [0.15, 0.2) is 29.8 Å². The van der Waals surface area contributed by atoms with Gasteiger partial charge in [-0.2, -0.15) is 0 Å². The van der Waals surface area contributed by atoms with Crippen LogP contribution in [-0.4, -0.2) is 19.6 Å². The second-order valence-electron chi connectivity index (χ2n) is 3.85. The van der Waals surface area contributed by atoms with Crippen molar-refractivity contribution in [1.82, 2.24) is 0 Å². The van der Waals surface area contributed by atoms with Gasteiger partial charge in [-0.25, -0.2) is 4.79 Å². The number of esters is 1. The fraction of sp³-hybridized carbons (Fsp3) is 0.308. The number of hydrogen-bond donors (Lipinski definition) is 1. The molecule has 0 aliphatic rings. The van der Waals surface area contributed by atoms with Crippen molar-refractivity contribution in [3.8, 4) is 0 Å². The van der Waals surface area contributed by atoms with Crippen molar-refractivity contribution in [2.24, 2.45) is 0 Å². The lowest BCUT2D eigenvalue weighted by atomic mass is 10.2. The zero-order chi connectivity index (χ0) is 12.8. The Labute approximate surface area is 115 Å². The predicted molar refractivity (Wildman–Crippen MR) is 78.4 cm³/mol. The van der Waals surface area contributed by atoms with E-state index in [1.807, 2.05) is 12.1 Å². The highest BCUT2D eigenvalue weighted by Crippen LogP contribution is 2.20. The van der Waals surface area contributed by atoms with Crippen LogP contribution < -0.4 is 5.32 Å². The van der Waals surface area contributed by atoms with Crippen molar-refractivity contribution in [3.05, 3.63) is 39.0 Å². The summed E-state index contributed by atoms with van der Waals surface area (Å²) in [4.78, 5) is 11.3. The first kappa shape index (κ1) is 14.0. The molecule has 4 heteroatoms. The summed E-state index contributed by atoms with van der Waals surface area (Å²) in [6, 6.07) is 5.48. The Balaban J connectivity index is 2.76. The highest BCUT2D eigenvalue weighted by atomic mass is 127. The van der Waals surface area contributed by atoms with Crippen molar-refractivity contribution in [2.75, 3.05) is 19.0 Å². The maximum absolute atomic E-state index is 11.3. The van der Waals surface area contributed by atoms with Gasteiger partial charge >= 0.3 is 5.97 Å². The molecule has 0 aromatic heterocycles. The number of ether oxygens (including phenoxy) is 1. The normalized spacial score (nSPS) is 9.65. The molecule has 1 aromatic rings. The maximum atomic E-state index is 11.3. The minimum atomic E-state index is -0.307. The number of anilines is 1. The molecule has 0 aliphatic heterocycles. The van der Waals surface area contributed by atoms with Crippen LogP contribution >= 0.6 is 22.6 Å². The molecule has 0 aliphatic carbocycles. The number of rotatable bonds is 4. The lowest BCUT2D eigenvalue weighted by Crippen LogP contribution is -2.04. The van der Waals surface area contributed by atoms with Gasteiger partial charge in [0.15, 0.2) is 0 Å². The largest absolute Gasteiger partial charge is 0.465 e. The van der Waals surface area contributed by atoms with Crippen molar-refractivity contribution in [2.45, 2.75) is 13.8 Å². The van der Waals surface area contributed by atoms with E-state index in [4.69, 9.17) is 0 Å². The van der Waals surface area contributed by atoms with Gasteiger partial charge in [-0.3, -0.25) is 0 Å². The maximum Gasteiger partial charge on any atom is 0.337 e. The average molecular weight is 345 g/mol. The Morgan fingerprint density at radius 1 is 1.47 bits per heavy atom. The molecule has 0 saturated carbocycles. The van der Waals surface area contributed by atoms with Crippen LogP contribution in [0.1, 0.15) is 24.2 Å². The second-order valence-corrected chi connectivity index (χ2v) is 5.01. The molecule has 0 saturated heterocycles. The molecule has 0 radical (unpaired) electrons. The number of carbonyl (C=O) groups is 1. The first-order valence-electron chi connectivity index (χ1n) is 5.29. The molecule has 17 heavy (non-hydrogen) atoms. The van der Waals surface area contributed by atoms with E-state index in [-0.39, 0.29) is 5.97 Å². The highest BCUT2D eigenvalue weighted by molar-refractivity contribution is 14.1. The molecule has 0 bridgehead atoms. The van der Waals surface area contributed by atoms with Crippen molar-refractivity contribution >= 4 is 34.2 Å². The number of carbonyl (C=O) groups excluding carboxylic acids is 1. The number of benzene rings is 1. The molecule has 0 heterocycles. The molecule has 3 nitrogen and oxygen atoms in total. The minimum absolute atomic E-state index is 0.307. The van der Waals surface area contributed by atoms with Gasteiger partial charge in [0, 0.05) is 15.8 Å². The van der Waals surface area contributed by atoms with Crippen LogP contribution in [0.5, 0.6) is 0 Å². The average Bonchev–Trinajstić information content (AvgIpc) is 2.29. The van der Waals surface area contributed by atoms with Crippen LogP contribution in [0.2, 0.25) is 0 Å². The number of halogens is 1. The third kappa shape index (κ3) is 4.38. The Kier molecular flexibility index (Phi) is 5.47. The Morgan fingerprint density at radius 2 is 2.18 bits per heavy atom. The summed E-state index contributed by atoms with van der Waals surface area (Å²) in [6.45, 7) is 4.91. The minimum Gasteiger partial charge on any atom is -0.465 e. The second kappa shape index (κ2) is 6.64. The summed E-state index contributed by atoms with van der Waals surface area (Å²) in [5.74, 6) is -0.307. The summed E-state index contributed by atoms with van der Waals surface area (Å²) in [7, 11) is 1.39. The van der Waals surface area contributed by atoms with Gasteiger partial charge in [0.25, 0.3) is 0 Å². The van der Waals surface area contributed by atoms with E-state index in [1.54, 1.807) is 6.07 Å². The van der Waals surface area contributed by atoms with Crippen molar-refractivity contribution in [3.63, 3.8) is 0 Å². The smallest absolute Gasteiger partial charge is 0.337 e. The lowest BCUT2D eigenvalue weighted by Gasteiger charge is -2.08. The molecule has 0 fully saturated rings. The SMILES string of the molecule is COC(=O)c1ccc(NCC=C(C)C)c(I)c1. The molecule has 92 valence electrons. The molecular formula is C13H16INO2. The van der Waals surface area contributed by atoms with Crippen LogP contribution in [0, 0.1) is 3.57 Å². The lowest BCUT2D eigenvalue weighted by molar-refractivity contribution is 0.0600. The van der Waals surface area contributed by atoms with Gasteiger partial charge < -0.3 is 10.1 Å². The topological polar surface area (TPSA) is 38.3 Å². The van der Waals surface area contributed by atoms with E-state index in [2.05, 4.69) is 52.6 Å². The quantitative estimate of drug-likeness (QED) is 0.516. The fourth-order valence-corrected chi connectivity index (χ4v) is 1.97. The Hall–Kier alpha value is -1.04. The number of allylic oxidation sites excluding steroid dienone is 1. The van der Waals surface area contributed by atoms with E-state index < -0.39 is 0 Å². The molecule has 0 amide bonds. The van der Waals surface area contributed by atoms with E-state index in [9.17, 15) is 4.79 Å². The van der Waals surface area contributed by atoms with Gasteiger partial charge in [0.2, 0.25) is 0 Å². The van der Waals surface area contributed by atoms with Crippen LogP contribution in [0.25, 0.3) is 0 Å². The van der Waals surface area contributed by atoms with Crippen LogP contribution in [0.3, 0.4) is 0 Å². The van der Waals surface area contributed by atoms with E-state index >= 15 is 0 Å². The van der Waals surface area contributed by atoms with Crippen molar-refractivity contribution in [1.29, 1.82) is 0 Å². The van der Waals surface area contributed by atoms with E-state index in [0.29, 0.717) is 5.56 Å². The molecule has 0 spiro atoms. The van der Waals surface area contributed by atoms with Gasteiger partial charge in [-0.05, 0) is 54.6 Å². The standard InChI is InChI=1S/C13H16INO2/c1-9(2)6-7-15-12-5-4-10(8-11(12)14)13(16)17-3/h4-6,8,15H,7H2,1-3H3. The summed E-state index contributed by atoms with van der Waals surface area (Å²) in [5.41, 5.74) is 2.87. The van der Waals surface area contributed by atoms with Crippen molar-refractivity contribution < 1.29 is 9.53 Å².